The summed E-state index contributed by atoms with van der Waals surface area (Å²) in [5.41, 5.74) is 1.65. The molecule has 0 radical (unpaired) electrons. The summed E-state index contributed by atoms with van der Waals surface area (Å²) in [6, 6.07) is 15.1. The average molecular weight is 286 g/mol. The van der Waals surface area contributed by atoms with Crippen molar-refractivity contribution in [3.63, 3.8) is 0 Å². The van der Waals surface area contributed by atoms with E-state index in [1.54, 1.807) is 12.3 Å². The Balaban J connectivity index is 1.71. The van der Waals surface area contributed by atoms with Crippen LogP contribution < -0.4 is 4.73 Å². The number of aromatic nitrogens is 3. The molecule has 20 heavy (non-hydrogen) atoms. The number of rotatable bonds is 4. The zero-order chi connectivity index (χ0) is 13.8. The first-order chi connectivity index (χ1) is 9.83. The lowest BCUT2D eigenvalue weighted by atomic mass is 10.2. The van der Waals surface area contributed by atoms with Crippen LogP contribution >= 0.6 is 11.8 Å². The van der Waals surface area contributed by atoms with Crippen molar-refractivity contribution in [2.75, 3.05) is 0 Å². The Kier molecular flexibility index (Phi) is 3.64. The molecule has 3 rings (SSSR count). The summed E-state index contributed by atoms with van der Waals surface area (Å²) in [6.07, 6.45) is 1.58. The molecule has 1 aromatic carbocycles. The molecular formula is C14H12N3O2S+. The van der Waals surface area contributed by atoms with E-state index in [4.69, 9.17) is 4.42 Å². The van der Waals surface area contributed by atoms with Crippen LogP contribution in [0.15, 0.2) is 64.4 Å². The van der Waals surface area contributed by atoms with Gasteiger partial charge in [0, 0.05) is 22.4 Å². The van der Waals surface area contributed by atoms with Gasteiger partial charge < -0.3 is 4.42 Å². The van der Waals surface area contributed by atoms with E-state index in [0.717, 1.165) is 16.0 Å². The molecule has 0 amide bonds. The standard InChI is InChI=1S/C14H12N3O2S/c18-17-9-5-4-8-12(17)10-20-14-16-15-13(19-14)11-6-2-1-3-7-11/h1-9,18H,10H2/q+1. The number of benzene rings is 1. The summed E-state index contributed by atoms with van der Waals surface area (Å²) in [5.74, 6) is 1.05. The Bertz CT molecular complexity index is 700. The zero-order valence-corrected chi connectivity index (χ0v) is 11.3. The fourth-order valence-electron chi connectivity index (χ4n) is 1.69. The number of hydrogen-bond acceptors (Lipinski definition) is 5. The first-order valence-corrected chi connectivity index (χ1v) is 7.02. The molecule has 0 saturated heterocycles. The highest BCUT2D eigenvalue weighted by atomic mass is 32.2. The van der Waals surface area contributed by atoms with Gasteiger partial charge in [-0.1, -0.05) is 30.0 Å². The lowest BCUT2D eigenvalue weighted by molar-refractivity contribution is -0.909. The minimum absolute atomic E-state index is 0.479. The monoisotopic (exact) mass is 286 g/mol. The van der Waals surface area contributed by atoms with E-state index in [1.807, 2.05) is 42.5 Å². The van der Waals surface area contributed by atoms with Crippen LogP contribution in [-0.2, 0) is 5.75 Å². The van der Waals surface area contributed by atoms with E-state index < -0.39 is 0 Å². The number of hydrogen-bond donors (Lipinski definition) is 1. The Hall–Kier alpha value is -2.34. The molecule has 0 bridgehead atoms. The summed E-state index contributed by atoms with van der Waals surface area (Å²) in [6.45, 7) is 0. The summed E-state index contributed by atoms with van der Waals surface area (Å²) in [4.78, 5) is 0. The first-order valence-electron chi connectivity index (χ1n) is 6.03. The first kappa shape index (κ1) is 12.7. The van der Waals surface area contributed by atoms with Gasteiger partial charge in [0.25, 0.3) is 5.22 Å². The second-order valence-electron chi connectivity index (χ2n) is 4.06. The van der Waals surface area contributed by atoms with Crippen LogP contribution in [0.1, 0.15) is 5.69 Å². The van der Waals surface area contributed by atoms with Gasteiger partial charge in [-0.15, -0.1) is 10.2 Å². The Morgan fingerprint density at radius 3 is 2.65 bits per heavy atom. The molecule has 0 aliphatic rings. The zero-order valence-electron chi connectivity index (χ0n) is 10.5. The molecule has 2 aromatic heterocycles. The molecule has 0 aliphatic heterocycles. The third-order valence-corrected chi connectivity index (χ3v) is 3.54. The minimum atomic E-state index is 0.479. The van der Waals surface area contributed by atoms with E-state index in [9.17, 15) is 5.21 Å². The van der Waals surface area contributed by atoms with E-state index in [-0.39, 0.29) is 0 Å². The largest absolute Gasteiger partial charge is 0.411 e. The molecule has 0 fully saturated rings. The van der Waals surface area contributed by atoms with Crippen molar-refractivity contribution in [1.82, 2.24) is 10.2 Å². The quantitative estimate of drug-likeness (QED) is 0.453. The van der Waals surface area contributed by atoms with E-state index in [1.165, 1.54) is 11.8 Å². The number of thioether (sulfide) groups is 1. The topological polar surface area (TPSA) is 63.0 Å². The second kappa shape index (κ2) is 5.75. The molecule has 0 unspecified atom stereocenters. The van der Waals surface area contributed by atoms with E-state index in [0.29, 0.717) is 16.9 Å². The summed E-state index contributed by atoms with van der Waals surface area (Å²) >= 11 is 1.38. The summed E-state index contributed by atoms with van der Waals surface area (Å²) in [7, 11) is 0. The van der Waals surface area contributed by atoms with E-state index >= 15 is 0 Å². The van der Waals surface area contributed by atoms with Crippen molar-refractivity contribution < 1.29 is 14.4 Å². The van der Waals surface area contributed by atoms with Crippen LogP contribution in [0.2, 0.25) is 0 Å². The lowest BCUT2D eigenvalue weighted by Gasteiger charge is -1.94. The third-order valence-electron chi connectivity index (χ3n) is 2.69. The van der Waals surface area contributed by atoms with E-state index in [2.05, 4.69) is 10.2 Å². The van der Waals surface area contributed by atoms with Gasteiger partial charge in [0.2, 0.25) is 17.8 Å². The maximum atomic E-state index is 9.61. The molecule has 6 heteroatoms. The number of pyridine rings is 1. The molecular weight excluding hydrogens is 274 g/mol. The molecule has 1 N–H and O–H groups in total. The predicted octanol–water partition coefficient (Wildman–Crippen LogP) is 2.55. The molecule has 0 aliphatic carbocycles. The van der Waals surface area contributed by atoms with Crippen molar-refractivity contribution in [2.24, 2.45) is 0 Å². The third kappa shape index (κ3) is 2.80. The van der Waals surface area contributed by atoms with Crippen LogP contribution in [0.4, 0.5) is 0 Å². The van der Waals surface area contributed by atoms with Crippen molar-refractivity contribution in [2.45, 2.75) is 11.0 Å². The van der Waals surface area contributed by atoms with Gasteiger partial charge in [-0.2, -0.15) is 0 Å². The Morgan fingerprint density at radius 1 is 1.05 bits per heavy atom. The lowest BCUT2D eigenvalue weighted by Crippen LogP contribution is -2.33. The summed E-state index contributed by atoms with van der Waals surface area (Å²) < 4.78 is 6.67. The normalized spacial score (nSPS) is 10.6. The maximum absolute atomic E-state index is 9.61. The Labute approximate surface area is 119 Å². The van der Waals surface area contributed by atoms with Crippen LogP contribution in [0.3, 0.4) is 0 Å². The minimum Gasteiger partial charge on any atom is -0.411 e. The van der Waals surface area contributed by atoms with Gasteiger partial charge in [0.05, 0.1) is 5.75 Å². The fourth-order valence-corrected chi connectivity index (χ4v) is 2.42. The van der Waals surface area contributed by atoms with Crippen molar-refractivity contribution in [3.05, 3.63) is 60.4 Å². The summed E-state index contributed by atoms with van der Waals surface area (Å²) in [5, 5.41) is 18.1. The van der Waals surface area contributed by atoms with Gasteiger partial charge in [-0.3, -0.25) is 5.21 Å². The van der Waals surface area contributed by atoms with Crippen molar-refractivity contribution in [1.29, 1.82) is 0 Å². The van der Waals surface area contributed by atoms with Crippen LogP contribution in [0.5, 0.6) is 0 Å². The van der Waals surface area contributed by atoms with Crippen LogP contribution in [0.25, 0.3) is 11.5 Å². The SMILES string of the molecule is O[n+]1ccccc1CSc1nnc(-c2ccccc2)o1. The molecule has 5 nitrogen and oxygen atoms in total. The van der Waals surface area contributed by atoms with Gasteiger partial charge in [0.1, 0.15) is 0 Å². The van der Waals surface area contributed by atoms with Gasteiger partial charge in [-0.25, -0.2) is 0 Å². The number of nitrogens with zero attached hydrogens (tertiary/aromatic N) is 3. The smallest absolute Gasteiger partial charge is 0.277 e. The molecule has 0 atom stereocenters. The highest BCUT2D eigenvalue weighted by Crippen LogP contribution is 2.24. The van der Waals surface area contributed by atoms with Gasteiger partial charge >= 0.3 is 0 Å². The van der Waals surface area contributed by atoms with Gasteiger partial charge in [-0.05, 0) is 18.2 Å². The highest BCUT2D eigenvalue weighted by molar-refractivity contribution is 7.98. The van der Waals surface area contributed by atoms with Crippen molar-refractivity contribution >= 4 is 11.8 Å². The highest BCUT2D eigenvalue weighted by Gasteiger charge is 2.13. The average Bonchev–Trinajstić information content (AvgIpc) is 2.96. The molecule has 0 saturated carbocycles. The fraction of sp³-hybridized carbons (Fsp3) is 0.0714. The van der Waals surface area contributed by atoms with Gasteiger partial charge in [0.15, 0.2) is 0 Å². The molecule has 0 spiro atoms. The van der Waals surface area contributed by atoms with Crippen molar-refractivity contribution in [3.8, 4) is 11.5 Å². The van der Waals surface area contributed by atoms with Crippen LogP contribution in [0, 0.1) is 0 Å². The molecule has 2 heterocycles. The molecule has 100 valence electrons. The van der Waals surface area contributed by atoms with Crippen LogP contribution in [-0.4, -0.2) is 15.4 Å². The second-order valence-corrected chi connectivity index (χ2v) is 4.99. The maximum Gasteiger partial charge on any atom is 0.277 e. The molecule has 3 aromatic rings. The predicted molar refractivity (Wildman–Crippen MR) is 73.1 cm³/mol. The Morgan fingerprint density at radius 2 is 1.85 bits per heavy atom.